The largest absolute Gasteiger partial charge is 0.380 e. The number of aliphatic hydroxyl groups is 1. The number of aromatic nitrogens is 3. The molecule has 0 radical (unpaired) electrons. The topological polar surface area (TPSA) is 50.9 Å². The van der Waals surface area contributed by atoms with Crippen molar-refractivity contribution in [3.8, 4) is 0 Å². The first kappa shape index (κ1) is 12.8. The number of aliphatic hydroxyl groups excluding tert-OH is 1. The molecule has 2 aromatic rings. The van der Waals surface area contributed by atoms with Crippen molar-refractivity contribution in [2.75, 3.05) is 0 Å². The summed E-state index contributed by atoms with van der Waals surface area (Å²) in [5.74, 6) is 1.32. The molecule has 0 aliphatic carbocycles. The van der Waals surface area contributed by atoms with Gasteiger partial charge in [-0.3, -0.25) is 4.68 Å². The lowest BCUT2D eigenvalue weighted by Gasteiger charge is -2.16. The summed E-state index contributed by atoms with van der Waals surface area (Å²) in [5, 5.41) is 14.6. The minimum Gasteiger partial charge on any atom is -0.380 e. The number of rotatable bonds is 2. The Morgan fingerprint density at radius 1 is 1.17 bits per heavy atom. The Bertz CT molecular complexity index is 526. The minimum absolute atomic E-state index is 0.0869. The van der Waals surface area contributed by atoms with Gasteiger partial charge in [0.15, 0.2) is 5.82 Å². The highest BCUT2D eigenvalue weighted by Crippen LogP contribution is 2.24. The second kappa shape index (κ2) is 4.53. The van der Waals surface area contributed by atoms with Crippen LogP contribution in [-0.4, -0.2) is 19.9 Å². The van der Waals surface area contributed by atoms with E-state index in [1.54, 1.807) is 4.68 Å². The van der Waals surface area contributed by atoms with E-state index in [4.69, 9.17) is 0 Å². The molecule has 0 spiro atoms. The monoisotopic (exact) mass is 245 g/mol. The Morgan fingerprint density at radius 3 is 2.28 bits per heavy atom. The molecule has 0 saturated heterocycles. The van der Waals surface area contributed by atoms with Crippen molar-refractivity contribution in [3.63, 3.8) is 0 Å². The van der Waals surface area contributed by atoms with Gasteiger partial charge in [-0.15, -0.1) is 0 Å². The summed E-state index contributed by atoms with van der Waals surface area (Å²) in [6, 6.07) is 9.45. The highest BCUT2D eigenvalue weighted by atomic mass is 16.3. The van der Waals surface area contributed by atoms with Crippen LogP contribution in [0, 0.1) is 0 Å². The smallest absolute Gasteiger partial charge is 0.183 e. The molecule has 4 heteroatoms. The molecule has 0 bridgehead atoms. The zero-order chi connectivity index (χ0) is 13.3. The fourth-order valence-electron chi connectivity index (χ4n) is 1.96. The highest BCUT2D eigenvalue weighted by molar-refractivity contribution is 5.23. The highest BCUT2D eigenvalue weighted by Gasteiger charge is 2.24. The van der Waals surface area contributed by atoms with Gasteiger partial charge in [0.25, 0.3) is 0 Å². The van der Waals surface area contributed by atoms with Crippen LogP contribution in [0.3, 0.4) is 0 Å². The average Bonchev–Trinajstić information content (AvgIpc) is 2.71. The predicted octanol–water partition coefficient (Wildman–Crippen LogP) is 2.19. The predicted molar refractivity (Wildman–Crippen MR) is 70.2 cm³/mol. The molecule has 1 aromatic heterocycles. The second-order valence-electron chi connectivity index (χ2n) is 5.48. The Kier molecular flexibility index (Phi) is 3.22. The lowest BCUT2D eigenvalue weighted by Crippen LogP contribution is -2.17. The first-order chi connectivity index (χ1) is 8.39. The molecule has 2 rings (SSSR count). The quantitative estimate of drug-likeness (QED) is 0.882. The first-order valence-corrected chi connectivity index (χ1v) is 6.04. The molecular formula is C14H19N3O. The number of hydrogen-bond acceptors (Lipinski definition) is 3. The van der Waals surface area contributed by atoms with Crippen LogP contribution in [0.15, 0.2) is 30.3 Å². The maximum Gasteiger partial charge on any atom is 0.183 e. The molecule has 96 valence electrons. The van der Waals surface area contributed by atoms with Gasteiger partial charge in [-0.05, 0) is 5.56 Å². The fraction of sp³-hybridized carbons (Fsp3) is 0.429. The maximum absolute atomic E-state index is 10.3. The van der Waals surface area contributed by atoms with Crippen LogP contribution in [0.2, 0.25) is 0 Å². The van der Waals surface area contributed by atoms with Crippen molar-refractivity contribution in [3.05, 3.63) is 47.5 Å². The van der Waals surface area contributed by atoms with Crippen LogP contribution in [-0.2, 0) is 12.5 Å². The van der Waals surface area contributed by atoms with Gasteiger partial charge in [-0.25, -0.2) is 4.98 Å². The Morgan fingerprint density at radius 2 is 1.78 bits per heavy atom. The van der Waals surface area contributed by atoms with Gasteiger partial charge in [0.1, 0.15) is 11.9 Å². The molecule has 0 fully saturated rings. The maximum atomic E-state index is 10.3. The zero-order valence-electron chi connectivity index (χ0n) is 11.3. The summed E-state index contributed by atoms with van der Waals surface area (Å²) >= 11 is 0. The van der Waals surface area contributed by atoms with E-state index in [0.717, 1.165) is 11.4 Å². The van der Waals surface area contributed by atoms with Gasteiger partial charge in [0, 0.05) is 12.5 Å². The number of nitrogens with zero attached hydrogens (tertiary/aromatic N) is 3. The fourth-order valence-corrected chi connectivity index (χ4v) is 1.96. The summed E-state index contributed by atoms with van der Waals surface area (Å²) in [4.78, 5) is 4.46. The van der Waals surface area contributed by atoms with Gasteiger partial charge < -0.3 is 5.11 Å². The third kappa shape index (κ3) is 2.43. The summed E-state index contributed by atoms with van der Waals surface area (Å²) < 4.78 is 1.74. The van der Waals surface area contributed by atoms with E-state index in [1.807, 2.05) is 37.4 Å². The van der Waals surface area contributed by atoms with Crippen LogP contribution in [0.4, 0.5) is 0 Å². The standard InChI is InChI=1S/C14H19N3O/c1-14(2,3)13-15-12(16-17(13)4)11(18)10-8-6-5-7-9-10/h5-9,11,18H,1-4H3/t11-/m0/s1. The molecule has 4 nitrogen and oxygen atoms in total. The molecule has 1 N–H and O–H groups in total. The van der Waals surface area contributed by atoms with Gasteiger partial charge in [-0.1, -0.05) is 51.1 Å². The van der Waals surface area contributed by atoms with E-state index in [9.17, 15) is 5.11 Å². The summed E-state index contributed by atoms with van der Waals surface area (Å²) in [5.41, 5.74) is 0.722. The van der Waals surface area contributed by atoms with Crippen molar-refractivity contribution < 1.29 is 5.11 Å². The lowest BCUT2D eigenvalue weighted by molar-refractivity contribution is 0.209. The molecule has 0 amide bonds. The van der Waals surface area contributed by atoms with E-state index < -0.39 is 6.10 Å². The number of benzene rings is 1. The van der Waals surface area contributed by atoms with Crippen LogP contribution in [0.5, 0.6) is 0 Å². The van der Waals surface area contributed by atoms with Crippen LogP contribution in [0.25, 0.3) is 0 Å². The van der Waals surface area contributed by atoms with E-state index in [0.29, 0.717) is 5.82 Å². The van der Waals surface area contributed by atoms with Crippen LogP contribution in [0.1, 0.15) is 44.1 Å². The van der Waals surface area contributed by atoms with Crippen LogP contribution < -0.4 is 0 Å². The first-order valence-electron chi connectivity index (χ1n) is 6.04. The molecule has 18 heavy (non-hydrogen) atoms. The number of aryl methyl sites for hydroxylation is 1. The Hall–Kier alpha value is -1.68. The van der Waals surface area contributed by atoms with Gasteiger partial charge in [-0.2, -0.15) is 5.10 Å². The molecule has 1 atom stereocenters. The van der Waals surface area contributed by atoms with E-state index in [2.05, 4.69) is 30.9 Å². The Labute approximate surface area is 107 Å². The summed E-state index contributed by atoms with van der Waals surface area (Å²) in [6.45, 7) is 6.24. The Balaban J connectivity index is 2.36. The van der Waals surface area contributed by atoms with Gasteiger partial charge in [0.05, 0.1) is 0 Å². The molecule has 1 heterocycles. The molecule has 0 aliphatic heterocycles. The van der Waals surface area contributed by atoms with E-state index in [-0.39, 0.29) is 5.41 Å². The van der Waals surface area contributed by atoms with E-state index in [1.165, 1.54) is 0 Å². The van der Waals surface area contributed by atoms with Gasteiger partial charge in [0.2, 0.25) is 0 Å². The molecule has 1 aromatic carbocycles. The van der Waals surface area contributed by atoms with Gasteiger partial charge >= 0.3 is 0 Å². The second-order valence-corrected chi connectivity index (χ2v) is 5.48. The molecule has 0 aliphatic rings. The average molecular weight is 245 g/mol. The summed E-state index contributed by atoms with van der Waals surface area (Å²) in [7, 11) is 1.86. The van der Waals surface area contributed by atoms with Crippen molar-refractivity contribution in [1.82, 2.24) is 14.8 Å². The SMILES string of the molecule is Cn1nc([C@@H](O)c2ccccc2)nc1C(C)(C)C. The number of hydrogen-bond donors (Lipinski definition) is 1. The molecule has 0 saturated carbocycles. The van der Waals surface area contributed by atoms with Crippen molar-refractivity contribution in [2.24, 2.45) is 7.05 Å². The molecule has 0 unspecified atom stereocenters. The molecular weight excluding hydrogens is 226 g/mol. The normalized spacial score (nSPS) is 13.6. The van der Waals surface area contributed by atoms with Crippen LogP contribution >= 0.6 is 0 Å². The van der Waals surface area contributed by atoms with E-state index >= 15 is 0 Å². The minimum atomic E-state index is -0.770. The third-order valence-corrected chi connectivity index (χ3v) is 2.81. The third-order valence-electron chi connectivity index (χ3n) is 2.81. The summed E-state index contributed by atoms with van der Waals surface area (Å²) in [6.07, 6.45) is -0.770. The van der Waals surface area contributed by atoms with Crippen molar-refractivity contribution >= 4 is 0 Å². The lowest BCUT2D eigenvalue weighted by atomic mass is 9.96. The van der Waals surface area contributed by atoms with Crippen molar-refractivity contribution in [2.45, 2.75) is 32.3 Å². The zero-order valence-corrected chi connectivity index (χ0v) is 11.3. The van der Waals surface area contributed by atoms with Crippen molar-refractivity contribution in [1.29, 1.82) is 0 Å².